The first-order chi connectivity index (χ1) is 9.09. The van der Waals surface area contributed by atoms with Crippen molar-refractivity contribution in [1.82, 2.24) is 4.57 Å². The largest absolute Gasteiger partial charge is 0.494 e. The van der Waals surface area contributed by atoms with Crippen molar-refractivity contribution >= 4 is 15.9 Å². The molecule has 1 aromatic heterocycles. The van der Waals surface area contributed by atoms with Crippen LogP contribution in [-0.2, 0) is 12.8 Å². The lowest BCUT2D eigenvalue weighted by Crippen LogP contribution is -1.98. The molecule has 0 amide bonds. The van der Waals surface area contributed by atoms with Crippen LogP contribution in [0.1, 0.15) is 29.5 Å². The van der Waals surface area contributed by atoms with E-state index in [0.717, 1.165) is 52.5 Å². The normalized spacial score (nSPS) is 14.4. The van der Waals surface area contributed by atoms with Crippen LogP contribution in [0.4, 0.5) is 0 Å². The average molecular weight is 322 g/mol. The van der Waals surface area contributed by atoms with Crippen LogP contribution >= 0.6 is 15.9 Å². The summed E-state index contributed by atoms with van der Waals surface area (Å²) in [5, 5.41) is 20.8. The molecule has 0 bridgehead atoms. The Morgan fingerprint density at radius 1 is 1.05 bits per heavy atom. The molecule has 0 spiro atoms. The number of hydrogen-bond acceptors (Lipinski definition) is 2. The lowest BCUT2D eigenvalue weighted by atomic mass is 9.95. The van der Waals surface area contributed by atoms with Crippen LogP contribution in [0.2, 0.25) is 0 Å². The minimum Gasteiger partial charge on any atom is -0.494 e. The van der Waals surface area contributed by atoms with Crippen molar-refractivity contribution in [2.24, 2.45) is 0 Å². The molecule has 0 aliphatic heterocycles. The van der Waals surface area contributed by atoms with Gasteiger partial charge in [0.2, 0.25) is 11.8 Å². The van der Waals surface area contributed by atoms with Crippen LogP contribution in [-0.4, -0.2) is 14.8 Å². The van der Waals surface area contributed by atoms with Crippen LogP contribution in [0.15, 0.2) is 22.7 Å². The molecule has 0 saturated carbocycles. The summed E-state index contributed by atoms with van der Waals surface area (Å²) in [7, 11) is 0. The maximum Gasteiger partial charge on any atom is 0.202 e. The fourth-order valence-electron chi connectivity index (χ4n) is 2.87. The average Bonchev–Trinajstić information content (AvgIpc) is 2.64. The summed E-state index contributed by atoms with van der Waals surface area (Å²) in [6.45, 7) is 1.97. The number of aromatic nitrogens is 1. The van der Waals surface area contributed by atoms with E-state index in [9.17, 15) is 10.2 Å². The Labute approximate surface area is 120 Å². The first-order valence-corrected chi connectivity index (χ1v) is 7.30. The van der Waals surface area contributed by atoms with Gasteiger partial charge in [-0.2, -0.15) is 0 Å². The molecule has 0 fully saturated rings. The molecule has 3 nitrogen and oxygen atoms in total. The Morgan fingerprint density at radius 2 is 1.63 bits per heavy atom. The van der Waals surface area contributed by atoms with Gasteiger partial charge in [-0.1, -0.05) is 15.9 Å². The topological polar surface area (TPSA) is 45.4 Å². The molecule has 1 aliphatic rings. The Morgan fingerprint density at radius 3 is 2.16 bits per heavy atom. The molecule has 3 rings (SSSR count). The standard InChI is InChI=1S/C15H16BrNO2/c1-9-8-10(16)6-7-13(9)17-14(18)11-4-2-3-5-12(11)15(17)19/h6-8,18-19H,2-5H2,1H3. The highest BCUT2D eigenvalue weighted by molar-refractivity contribution is 9.10. The van der Waals surface area contributed by atoms with E-state index >= 15 is 0 Å². The van der Waals surface area contributed by atoms with Gasteiger partial charge in [-0.3, -0.25) is 4.57 Å². The number of halogens is 1. The van der Waals surface area contributed by atoms with Gasteiger partial charge in [0.05, 0.1) is 5.69 Å². The lowest BCUT2D eigenvalue weighted by molar-refractivity contribution is 0.399. The molecule has 19 heavy (non-hydrogen) atoms. The molecule has 1 aromatic carbocycles. The van der Waals surface area contributed by atoms with E-state index in [1.165, 1.54) is 0 Å². The van der Waals surface area contributed by atoms with Crippen LogP contribution in [0.3, 0.4) is 0 Å². The number of aryl methyl sites for hydroxylation is 1. The molecular weight excluding hydrogens is 306 g/mol. The summed E-state index contributed by atoms with van der Waals surface area (Å²) in [6.07, 6.45) is 3.83. The summed E-state index contributed by atoms with van der Waals surface area (Å²) in [4.78, 5) is 0. The second kappa shape index (κ2) is 4.60. The fraction of sp³-hybridized carbons (Fsp3) is 0.333. The van der Waals surface area contributed by atoms with Crippen LogP contribution in [0, 0.1) is 6.92 Å². The van der Waals surface area contributed by atoms with E-state index in [1.54, 1.807) is 4.57 Å². The van der Waals surface area contributed by atoms with E-state index in [2.05, 4.69) is 15.9 Å². The van der Waals surface area contributed by atoms with Crippen LogP contribution < -0.4 is 0 Å². The van der Waals surface area contributed by atoms with Crippen molar-refractivity contribution in [1.29, 1.82) is 0 Å². The maximum absolute atomic E-state index is 10.4. The third kappa shape index (κ3) is 1.94. The summed E-state index contributed by atoms with van der Waals surface area (Å²) < 4.78 is 2.56. The molecule has 1 heterocycles. The Kier molecular flexibility index (Phi) is 3.05. The van der Waals surface area contributed by atoms with E-state index in [0.29, 0.717) is 0 Å². The maximum atomic E-state index is 10.4. The monoisotopic (exact) mass is 321 g/mol. The third-order valence-electron chi connectivity index (χ3n) is 3.83. The van der Waals surface area contributed by atoms with Gasteiger partial charge in [0.1, 0.15) is 0 Å². The number of aromatic hydroxyl groups is 2. The minimum atomic E-state index is 0.192. The van der Waals surface area contributed by atoms with Gasteiger partial charge in [0.25, 0.3) is 0 Å². The van der Waals surface area contributed by atoms with E-state index in [1.807, 2.05) is 25.1 Å². The number of hydrogen-bond donors (Lipinski definition) is 2. The van der Waals surface area contributed by atoms with Crippen molar-refractivity contribution in [3.05, 3.63) is 39.4 Å². The first-order valence-electron chi connectivity index (χ1n) is 6.50. The Balaban J connectivity index is 2.23. The zero-order chi connectivity index (χ0) is 13.6. The lowest BCUT2D eigenvalue weighted by Gasteiger charge is -2.10. The van der Waals surface area contributed by atoms with E-state index < -0.39 is 0 Å². The predicted molar refractivity (Wildman–Crippen MR) is 78.2 cm³/mol. The number of nitrogens with zero attached hydrogens (tertiary/aromatic N) is 1. The molecule has 1 aliphatic carbocycles. The smallest absolute Gasteiger partial charge is 0.202 e. The van der Waals surface area contributed by atoms with Crippen molar-refractivity contribution in [2.45, 2.75) is 32.6 Å². The highest BCUT2D eigenvalue weighted by Gasteiger charge is 2.25. The van der Waals surface area contributed by atoms with Gasteiger partial charge in [-0.05, 0) is 56.4 Å². The number of rotatable bonds is 1. The third-order valence-corrected chi connectivity index (χ3v) is 4.32. The number of benzene rings is 1. The number of fused-ring (bicyclic) bond motifs is 1. The molecule has 100 valence electrons. The Hall–Kier alpha value is -1.42. The van der Waals surface area contributed by atoms with Crippen LogP contribution in [0.25, 0.3) is 5.69 Å². The zero-order valence-electron chi connectivity index (χ0n) is 10.8. The summed E-state index contributed by atoms with van der Waals surface area (Å²) in [5.74, 6) is 0.384. The van der Waals surface area contributed by atoms with E-state index in [-0.39, 0.29) is 11.8 Å². The summed E-state index contributed by atoms with van der Waals surface area (Å²) in [6, 6.07) is 5.80. The Bertz CT molecular complexity index is 617. The van der Waals surface area contributed by atoms with E-state index in [4.69, 9.17) is 0 Å². The SMILES string of the molecule is Cc1cc(Br)ccc1-n1c(O)c2c(c1O)CCCC2. The van der Waals surface area contributed by atoms with Gasteiger partial charge in [-0.15, -0.1) is 0 Å². The first kappa shape index (κ1) is 12.6. The summed E-state index contributed by atoms with van der Waals surface area (Å²) >= 11 is 3.43. The molecule has 2 aromatic rings. The highest BCUT2D eigenvalue weighted by Crippen LogP contribution is 2.41. The van der Waals surface area contributed by atoms with Gasteiger partial charge in [0, 0.05) is 15.6 Å². The molecule has 0 atom stereocenters. The fourth-order valence-corrected chi connectivity index (χ4v) is 3.34. The second-order valence-electron chi connectivity index (χ2n) is 5.08. The van der Waals surface area contributed by atoms with Gasteiger partial charge < -0.3 is 10.2 Å². The van der Waals surface area contributed by atoms with Crippen LogP contribution in [0.5, 0.6) is 11.8 Å². The second-order valence-corrected chi connectivity index (χ2v) is 5.99. The molecular formula is C15H16BrNO2. The summed E-state index contributed by atoms with van der Waals surface area (Å²) in [5.41, 5.74) is 3.65. The van der Waals surface area contributed by atoms with Crippen molar-refractivity contribution in [2.75, 3.05) is 0 Å². The molecule has 4 heteroatoms. The van der Waals surface area contributed by atoms with Gasteiger partial charge in [0.15, 0.2) is 0 Å². The predicted octanol–water partition coefficient (Wildman–Crippen LogP) is 3.84. The molecule has 0 saturated heterocycles. The molecule has 2 N–H and O–H groups in total. The van der Waals surface area contributed by atoms with Gasteiger partial charge >= 0.3 is 0 Å². The van der Waals surface area contributed by atoms with Crippen molar-refractivity contribution < 1.29 is 10.2 Å². The highest BCUT2D eigenvalue weighted by atomic mass is 79.9. The minimum absolute atomic E-state index is 0.192. The van der Waals surface area contributed by atoms with Crippen molar-refractivity contribution in [3.63, 3.8) is 0 Å². The quantitative estimate of drug-likeness (QED) is 0.838. The van der Waals surface area contributed by atoms with Gasteiger partial charge in [-0.25, -0.2) is 0 Å². The zero-order valence-corrected chi connectivity index (χ0v) is 12.4. The molecule has 0 radical (unpaired) electrons. The van der Waals surface area contributed by atoms with Crippen molar-refractivity contribution in [3.8, 4) is 17.4 Å². The molecule has 0 unspecified atom stereocenters.